The van der Waals surface area contributed by atoms with Crippen LogP contribution in [0, 0.1) is 0 Å². The molecule has 1 N–H and O–H groups in total. The quantitative estimate of drug-likeness (QED) is 0.522. The van der Waals surface area contributed by atoms with Crippen LogP contribution in [0.15, 0.2) is 0 Å². The Balaban J connectivity index is 2.04. The lowest BCUT2D eigenvalue weighted by Gasteiger charge is -2.46. The van der Waals surface area contributed by atoms with Gasteiger partial charge >= 0.3 is 0 Å². The number of nitrogens with one attached hydrogen (secondary N) is 1. The van der Waals surface area contributed by atoms with Gasteiger partial charge in [-0.25, -0.2) is 0 Å². The van der Waals surface area contributed by atoms with E-state index in [0.29, 0.717) is 6.73 Å². The minimum atomic E-state index is 0.0938. The summed E-state index contributed by atoms with van der Waals surface area (Å²) < 4.78 is 10.9. The summed E-state index contributed by atoms with van der Waals surface area (Å²) in [5, 5.41) is 3.23. The van der Waals surface area contributed by atoms with Crippen LogP contribution >= 0.6 is 0 Å². The van der Waals surface area contributed by atoms with Crippen LogP contribution in [0.3, 0.4) is 0 Å². The molecule has 0 bridgehead atoms. The Kier molecular flexibility index (Phi) is 2.32. The second-order valence-corrected chi connectivity index (χ2v) is 3.62. The first-order valence-electron chi connectivity index (χ1n) is 4.41. The summed E-state index contributed by atoms with van der Waals surface area (Å²) in [5.41, 5.74) is 0.0938. The zero-order valence-electron chi connectivity index (χ0n) is 7.51. The topological polar surface area (TPSA) is 33.7 Å². The molecule has 0 amide bonds. The van der Waals surface area contributed by atoms with E-state index in [1.807, 2.05) is 0 Å². The minimum absolute atomic E-state index is 0.0938. The highest BCUT2D eigenvalue weighted by atomic mass is 16.5. The Morgan fingerprint density at radius 2 is 2.17 bits per heavy atom. The van der Waals surface area contributed by atoms with Crippen molar-refractivity contribution in [3.63, 3.8) is 0 Å². The van der Waals surface area contributed by atoms with Crippen LogP contribution in [0.5, 0.6) is 0 Å². The Labute approximate surface area is 72.8 Å². The maximum atomic E-state index is 5.47. The molecule has 2 aliphatic heterocycles. The van der Waals surface area contributed by atoms with E-state index in [2.05, 4.69) is 17.3 Å². The number of morpholine rings is 1. The Morgan fingerprint density at radius 3 is 2.83 bits per heavy atom. The highest BCUT2D eigenvalue weighted by molar-refractivity contribution is 4.95. The molecule has 4 heteroatoms. The van der Waals surface area contributed by atoms with Crippen molar-refractivity contribution in [3.05, 3.63) is 0 Å². The maximum absolute atomic E-state index is 5.47. The van der Waals surface area contributed by atoms with Crippen LogP contribution in [-0.4, -0.2) is 57.1 Å². The van der Waals surface area contributed by atoms with Crippen molar-refractivity contribution in [2.24, 2.45) is 0 Å². The number of hydrogen-bond acceptors (Lipinski definition) is 4. The predicted octanol–water partition coefficient (Wildman–Crippen LogP) is -0.735. The molecule has 0 radical (unpaired) electrons. The average molecular weight is 172 g/mol. The normalized spacial score (nSPS) is 38.8. The third-order valence-electron chi connectivity index (χ3n) is 2.78. The molecular weight excluding hydrogens is 156 g/mol. The Hall–Kier alpha value is -0.160. The minimum Gasteiger partial charge on any atom is -0.378 e. The number of nitrogens with zero attached hydrogens (tertiary/aromatic N) is 1. The first kappa shape index (κ1) is 8.44. The zero-order valence-corrected chi connectivity index (χ0v) is 7.51. The molecule has 1 unspecified atom stereocenters. The fourth-order valence-corrected chi connectivity index (χ4v) is 1.80. The van der Waals surface area contributed by atoms with E-state index < -0.39 is 0 Å². The summed E-state index contributed by atoms with van der Waals surface area (Å²) in [4.78, 5) is 2.34. The van der Waals surface area contributed by atoms with Gasteiger partial charge in [-0.15, -0.1) is 0 Å². The molecule has 4 nitrogen and oxygen atoms in total. The second-order valence-electron chi connectivity index (χ2n) is 3.62. The van der Waals surface area contributed by atoms with Gasteiger partial charge in [-0.2, -0.15) is 0 Å². The summed E-state index contributed by atoms with van der Waals surface area (Å²) in [5.74, 6) is 0. The molecule has 12 heavy (non-hydrogen) atoms. The molecule has 0 saturated carbocycles. The van der Waals surface area contributed by atoms with Crippen LogP contribution in [0.4, 0.5) is 0 Å². The van der Waals surface area contributed by atoms with Crippen molar-refractivity contribution in [2.75, 3.05) is 46.7 Å². The molecular formula is C8H16N2O2. The van der Waals surface area contributed by atoms with Crippen molar-refractivity contribution in [2.45, 2.75) is 5.54 Å². The molecule has 2 aliphatic rings. The van der Waals surface area contributed by atoms with Gasteiger partial charge in [0.25, 0.3) is 0 Å². The molecule has 1 atom stereocenters. The molecule has 2 heterocycles. The van der Waals surface area contributed by atoms with Gasteiger partial charge in [0.2, 0.25) is 0 Å². The number of rotatable bonds is 0. The van der Waals surface area contributed by atoms with Gasteiger partial charge in [-0.1, -0.05) is 0 Å². The van der Waals surface area contributed by atoms with E-state index >= 15 is 0 Å². The largest absolute Gasteiger partial charge is 0.378 e. The number of likely N-dealkylation sites (N-methyl/N-ethyl adjacent to an activating group) is 1. The van der Waals surface area contributed by atoms with Crippen molar-refractivity contribution < 1.29 is 9.47 Å². The van der Waals surface area contributed by atoms with E-state index in [1.54, 1.807) is 0 Å². The highest BCUT2D eigenvalue weighted by Crippen LogP contribution is 2.20. The van der Waals surface area contributed by atoms with Crippen LogP contribution in [0.25, 0.3) is 0 Å². The summed E-state index contributed by atoms with van der Waals surface area (Å²) in [6, 6.07) is 0. The zero-order chi connectivity index (χ0) is 8.44. The summed E-state index contributed by atoms with van der Waals surface area (Å²) in [6.45, 7) is 5.08. The van der Waals surface area contributed by atoms with Gasteiger partial charge in [0.15, 0.2) is 0 Å². The summed E-state index contributed by atoms with van der Waals surface area (Å²) in [7, 11) is 2.14. The predicted molar refractivity (Wildman–Crippen MR) is 45.0 cm³/mol. The average Bonchev–Trinajstić information content (AvgIpc) is 2.12. The van der Waals surface area contributed by atoms with Crippen LogP contribution in [-0.2, 0) is 9.47 Å². The van der Waals surface area contributed by atoms with Gasteiger partial charge in [-0.05, 0) is 7.05 Å². The molecule has 2 saturated heterocycles. The molecule has 2 rings (SSSR count). The van der Waals surface area contributed by atoms with Crippen LogP contribution in [0.2, 0.25) is 0 Å². The third kappa shape index (κ3) is 1.35. The number of ether oxygens (including phenoxy) is 2. The van der Waals surface area contributed by atoms with Gasteiger partial charge < -0.3 is 9.47 Å². The van der Waals surface area contributed by atoms with Crippen molar-refractivity contribution >= 4 is 0 Å². The highest BCUT2D eigenvalue weighted by Gasteiger charge is 2.39. The smallest absolute Gasteiger partial charge is 0.0966 e. The molecule has 0 aromatic rings. The first-order chi connectivity index (χ1) is 5.83. The van der Waals surface area contributed by atoms with Crippen molar-refractivity contribution in [1.82, 2.24) is 10.2 Å². The summed E-state index contributed by atoms with van der Waals surface area (Å²) >= 11 is 0. The molecule has 2 fully saturated rings. The Morgan fingerprint density at radius 1 is 1.33 bits per heavy atom. The van der Waals surface area contributed by atoms with Gasteiger partial charge in [0.05, 0.1) is 32.1 Å². The maximum Gasteiger partial charge on any atom is 0.0966 e. The molecule has 0 aromatic carbocycles. The second kappa shape index (κ2) is 3.30. The van der Waals surface area contributed by atoms with E-state index in [1.165, 1.54) is 0 Å². The lowest BCUT2D eigenvalue weighted by Crippen LogP contribution is -2.65. The molecule has 0 aromatic heterocycles. The van der Waals surface area contributed by atoms with Crippen molar-refractivity contribution in [3.8, 4) is 0 Å². The third-order valence-corrected chi connectivity index (χ3v) is 2.78. The fraction of sp³-hybridized carbons (Fsp3) is 1.00. The van der Waals surface area contributed by atoms with E-state index in [4.69, 9.17) is 9.47 Å². The van der Waals surface area contributed by atoms with Crippen molar-refractivity contribution in [1.29, 1.82) is 0 Å². The fourth-order valence-electron chi connectivity index (χ4n) is 1.80. The molecule has 0 aliphatic carbocycles. The lowest BCUT2D eigenvalue weighted by molar-refractivity contribution is -0.117. The molecule has 70 valence electrons. The van der Waals surface area contributed by atoms with Crippen LogP contribution < -0.4 is 5.32 Å². The van der Waals surface area contributed by atoms with E-state index in [9.17, 15) is 0 Å². The first-order valence-corrected chi connectivity index (χ1v) is 4.41. The van der Waals surface area contributed by atoms with Gasteiger partial charge in [0.1, 0.15) is 0 Å². The van der Waals surface area contributed by atoms with Crippen LogP contribution in [0.1, 0.15) is 0 Å². The molecule has 1 spiro atoms. The lowest BCUT2D eigenvalue weighted by atomic mass is 9.98. The Bertz CT molecular complexity index is 149. The van der Waals surface area contributed by atoms with Gasteiger partial charge in [-0.3, -0.25) is 10.2 Å². The van der Waals surface area contributed by atoms with E-state index in [0.717, 1.165) is 32.9 Å². The van der Waals surface area contributed by atoms with E-state index in [-0.39, 0.29) is 5.54 Å². The standard InChI is InChI=1S/C8H16N2O2/c1-10-2-3-11-5-8(10)4-9-7-12-6-8/h9H,2-7H2,1H3. The summed E-state index contributed by atoms with van der Waals surface area (Å²) in [6.07, 6.45) is 0. The van der Waals surface area contributed by atoms with Gasteiger partial charge in [0, 0.05) is 13.1 Å². The SMILES string of the molecule is CN1CCOCC12CNCOC2. The monoisotopic (exact) mass is 172 g/mol. The number of hydrogen-bond donors (Lipinski definition) is 1.